The molecule has 1 atom stereocenters. The van der Waals surface area contributed by atoms with E-state index in [9.17, 15) is 9.50 Å². The fourth-order valence-electron chi connectivity index (χ4n) is 5.18. The molecule has 0 unspecified atom stereocenters. The van der Waals surface area contributed by atoms with E-state index in [2.05, 4.69) is 30.6 Å². The number of hydrogen-bond donors (Lipinski definition) is 3. The molecule has 34 heavy (non-hydrogen) atoms. The first-order chi connectivity index (χ1) is 16.7. The number of anilines is 3. The number of nitrogens with one attached hydrogen (secondary N) is 2. The minimum atomic E-state index is -0.673. The summed E-state index contributed by atoms with van der Waals surface area (Å²) in [5.74, 6) is 0.923. The Morgan fingerprint density at radius 1 is 1.06 bits per heavy atom. The number of aromatic nitrogens is 4. The van der Waals surface area contributed by atoms with E-state index in [0.29, 0.717) is 23.0 Å². The lowest BCUT2D eigenvalue weighted by atomic mass is 9.92. The SMILES string of the molecule is Oc1c(F)cccc1-c1cc2c(nn1)NC[C@H]1CN(c3ncc(C4CCNCC4)cn3)CCN21. The molecule has 0 saturated carbocycles. The van der Waals surface area contributed by atoms with Crippen LogP contribution in [0.25, 0.3) is 11.3 Å². The van der Waals surface area contributed by atoms with Gasteiger partial charge in [0.2, 0.25) is 5.95 Å². The molecular formula is C24H27FN8O. The Balaban J connectivity index is 1.20. The van der Waals surface area contributed by atoms with Crippen LogP contribution < -0.4 is 20.4 Å². The fraction of sp³-hybridized carbons (Fsp3) is 0.417. The van der Waals surface area contributed by atoms with Crippen molar-refractivity contribution in [1.82, 2.24) is 25.5 Å². The van der Waals surface area contributed by atoms with Crippen molar-refractivity contribution in [2.45, 2.75) is 24.8 Å². The Bertz CT molecular complexity index is 1180. The van der Waals surface area contributed by atoms with Gasteiger partial charge in [0, 0.05) is 44.1 Å². The van der Waals surface area contributed by atoms with E-state index in [1.165, 1.54) is 11.6 Å². The number of piperidine rings is 1. The lowest BCUT2D eigenvalue weighted by Crippen LogP contribution is -2.58. The number of fused-ring (bicyclic) bond motifs is 3. The van der Waals surface area contributed by atoms with Crippen molar-refractivity contribution >= 4 is 17.5 Å². The summed E-state index contributed by atoms with van der Waals surface area (Å²) < 4.78 is 13.9. The van der Waals surface area contributed by atoms with Gasteiger partial charge in [-0.05, 0) is 55.6 Å². The van der Waals surface area contributed by atoms with E-state index < -0.39 is 11.6 Å². The van der Waals surface area contributed by atoms with Crippen LogP contribution in [0.2, 0.25) is 0 Å². The first-order valence-electron chi connectivity index (χ1n) is 11.8. The molecule has 3 aliphatic heterocycles. The number of piperazine rings is 1. The first-order valence-corrected chi connectivity index (χ1v) is 11.8. The molecule has 2 aromatic heterocycles. The maximum absolute atomic E-state index is 13.9. The van der Waals surface area contributed by atoms with Gasteiger partial charge in [-0.3, -0.25) is 0 Å². The lowest BCUT2D eigenvalue weighted by Gasteiger charge is -2.45. The minimum Gasteiger partial charge on any atom is -0.504 e. The number of nitrogens with zero attached hydrogens (tertiary/aromatic N) is 6. The Kier molecular flexibility index (Phi) is 5.37. The highest BCUT2D eigenvalue weighted by Crippen LogP contribution is 2.37. The van der Waals surface area contributed by atoms with Gasteiger partial charge in [0.1, 0.15) is 0 Å². The molecule has 3 aliphatic rings. The molecule has 3 aromatic rings. The number of para-hydroxylation sites is 1. The number of phenolic OH excluding ortho intramolecular Hbond substituents is 1. The molecule has 3 N–H and O–H groups in total. The summed E-state index contributed by atoms with van der Waals surface area (Å²) in [5.41, 5.74) is 2.91. The van der Waals surface area contributed by atoms with Gasteiger partial charge in [-0.1, -0.05) is 6.07 Å². The van der Waals surface area contributed by atoms with Gasteiger partial charge < -0.3 is 25.5 Å². The second kappa shape index (κ2) is 8.68. The highest BCUT2D eigenvalue weighted by molar-refractivity contribution is 5.76. The Hall–Kier alpha value is -3.53. The van der Waals surface area contributed by atoms with E-state index in [1.54, 1.807) is 12.1 Å². The molecule has 6 rings (SSSR count). The smallest absolute Gasteiger partial charge is 0.225 e. The third-order valence-electron chi connectivity index (χ3n) is 7.09. The Morgan fingerprint density at radius 2 is 1.88 bits per heavy atom. The maximum Gasteiger partial charge on any atom is 0.225 e. The summed E-state index contributed by atoms with van der Waals surface area (Å²) >= 11 is 0. The van der Waals surface area contributed by atoms with Crippen molar-refractivity contribution in [1.29, 1.82) is 0 Å². The number of benzene rings is 1. The highest BCUT2D eigenvalue weighted by atomic mass is 19.1. The van der Waals surface area contributed by atoms with Crippen molar-refractivity contribution in [2.75, 3.05) is 54.4 Å². The van der Waals surface area contributed by atoms with Crippen LogP contribution in [0.15, 0.2) is 36.7 Å². The average Bonchev–Trinajstić information content (AvgIpc) is 2.90. The zero-order valence-corrected chi connectivity index (χ0v) is 18.8. The standard InChI is InChI=1S/C24H27FN8O/c25-19-3-1-2-18(22(19)34)20-10-21-23(31-30-20)27-13-17-14-32(8-9-33(17)21)24-28-11-16(12-29-24)15-4-6-26-7-5-15/h1-3,10-12,15,17,26,34H,4-9,13-14H2,(H,27,31)/t17-/m0/s1. The first kappa shape index (κ1) is 21.0. The van der Waals surface area contributed by atoms with Crippen LogP contribution in [-0.2, 0) is 0 Å². The van der Waals surface area contributed by atoms with E-state index >= 15 is 0 Å². The number of aromatic hydroxyl groups is 1. The van der Waals surface area contributed by atoms with Crippen LogP contribution in [0.1, 0.15) is 24.3 Å². The quantitative estimate of drug-likeness (QED) is 0.541. The Morgan fingerprint density at radius 3 is 2.71 bits per heavy atom. The van der Waals surface area contributed by atoms with Gasteiger partial charge in [0.15, 0.2) is 17.4 Å². The molecule has 0 radical (unpaired) electrons. The number of halogens is 1. The summed E-state index contributed by atoms with van der Waals surface area (Å²) in [5, 5.41) is 25.4. The third kappa shape index (κ3) is 3.77. The van der Waals surface area contributed by atoms with Crippen molar-refractivity contribution in [3.63, 3.8) is 0 Å². The minimum absolute atomic E-state index is 0.201. The van der Waals surface area contributed by atoms with Gasteiger partial charge in [0.05, 0.1) is 17.4 Å². The molecule has 0 spiro atoms. The maximum atomic E-state index is 13.9. The molecule has 5 heterocycles. The van der Waals surface area contributed by atoms with Gasteiger partial charge in [-0.2, -0.15) is 0 Å². The molecule has 9 nitrogen and oxygen atoms in total. The molecule has 1 aromatic carbocycles. The van der Waals surface area contributed by atoms with Gasteiger partial charge in [0.25, 0.3) is 0 Å². The third-order valence-corrected chi connectivity index (χ3v) is 7.09. The highest BCUT2D eigenvalue weighted by Gasteiger charge is 2.34. The average molecular weight is 463 g/mol. The molecular weight excluding hydrogens is 435 g/mol. The summed E-state index contributed by atoms with van der Waals surface area (Å²) in [7, 11) is 0. The molecule has 2 fully saturated rings. The van der Waals surface area contributed by atoms with Crippen LogP contribution in [0.3, 0.4) is 0 Å². The van der Waals surface area contributed by atoms with Crippen molar-refractivity contribution in [3.05, 3.63) is 48.0 Å². The molecule has 2 saturated heterocycles. The van der Waals surface area contributed by atoms with E-state index in [-0.39, 0.29) is 6.04 Å². The largest absolute Gasteiger partial charge is 0.504 e. The van der Waals surface area contributed by atoms with Crippen LogP contribution >= 0.6 is 0 Å². The van der Waals surface area contributed by atoms with E-state index in [0.717, 1.165) is 63.7 Å². The van der Waals surface area contributed by atoms with Gasteiger partial charge in [-0.25, -0.2) is 14.4 Å². The predicted octanol–water partition coefficient (Wildman–Crippen LogP) is 2.37. The number of rotatable bonds is 3. The zero-order valence-electron chi connectivity index (χ0n) is 18.8. The molecule has 10 heteroatoms. The second-order valence-electron chi connectivity index (χ2n) is 9.11. The van der Waals surface area contributed by atoms with Crippen LogP contribution in [0, 0.1) is 5.82 Å². The Labute approximate surface area is 197 Å². The van der Waals surface area contributed by atoms with Crippen LogP contribution in [0.4, 0.5) is 21.8 Å². The summed E-state index contributed by atoms with van der Waals surface area (Å²) in [6, 6.07) is 6.50. The van der Waals surface area contributed by atoms with Crippen LogP contribution in [-0.4, -0.2) is 70.6 Å². The van der Waals surface area contributed by atoms with Crippen LogP contribution in [0.5, 0.6) is 5.75 Å². The summed E-state index contributed by atoms with van der Waals surface area (Å²) in [6.07, 6.45) is 6.25. The van der Waals surface area contributed by atoms with Crippen molar-refractivity contribution in [2.24, 2.45) is 0 Å². The lowest BCUT2D eigenvalue weighted by molar-refractivity contribution is 0.434. The van der Waals surface area contributed by atoms with E-state index in [1.807, 2.05) is 18.5 Å². The molecule has 0 amide bonds. The van der Waals surface area contributed by atoms with E-state index in [4.69, 9.17) is 9.97 Å². The topological polar surface area (TPSA) is 102 Å². The number of phenols is 1. The summed E-state index contributed by atoms with van der Waals surface area (Å²) in [4.78, 5) is 13.9. The normalized spacial score (nSPS) is 20.4. The monoisotopic (exact) mass is 462 g/mol. The predicted molar refractivity (Wildman–Crippen MR) is 128 cm³/mol. The van der Waals surface area contributed by atoms with Gasteiger partial charge in [-0.15, -0.1) is 10.2 Å². The molecule has 176 valence electrons. The number of hydrogen-bond acceptors (Lipinski definition) is 9. The zero-order chi connectivity index (χ0) is 23.1. The second-order valence-corrected chi connectivity index (χ2v) is 9.11. The molecule has 0 bridgehead atoms. The van der Waals surface area contributed by atoms with Crippen molar-refractivity contribution < 1.29 is 9.50 Å². The van der Waals surface area contributed by atoms with Crippen molar-refractivity contribution in [3.8, 4) is 17.0 Å². The molecule has 0 aliphatic carbocycles. The van der Waals surface area contributed by atoms with Gasteiger partial charge >= 0.3 is 0 Å². The fourth-order valence-corrected chi connectivity index (χ4v) is 5.18. The summed E-state index contributed by atoms with van der Waals surface area (Å²) in [6.45, 7) is 5.17.